The molecular weight excluding hydrogens is 345 g/mol. The van der Waals surface area contributed by atoms with Crippen LogP contribution in [0.5, 0.6) is 11.6 Å². The number of primary amides is 1. The van der Waals surface area contributed by atoms with Crippen molar-refractivity contribution < 1.29 is 13.9 Å². The molecule has 0 saturated carbocycles. The number of nitrogens with two attached hydrogens (primary N) is 1. The molecule has 3 aromatic rings. The summed E-state index contributed by atoms with van der Waals surface area (Å²) in [6.45, 7) is 0.871. The van der Waals surface area contributed by atoms with Gasteiger partial charge in [0.2, 0.25) is 5.88 Å². The summed E-state index contributed by atoms with van der Waals surface area (Å²) < 4.78 is 19.0. The number of aromatic nitrogens is 1. The third-order valence-electron chi connectivity index (χ3n) is 3.92. The lowest BCUT2D eigenvalue weighted by Crippen LogP contribution is -2.13. The van der Waals surface area contributed by atoms with E-state index >= 15 is 0 Å². The summed E-state index contributed by atoms with van der Waals surface area (Å²) in [5.41, 5.74) is 8.38. The maximum Gasteiger partial charge on any atom is 0.254 e. The highest BCUT2D eigenvalue weighted by atomic mass is 19.1. The number of rotatable bonds is 6. The molecule has 0 atom stereocenters. The molecule has 0 bridgehead atoms. The molecule has 27 heavy (non-hydrogen) atoms. The Hall–Kier alpha value is -3.25. The van der Waals surface area contributed by atoms with Crippen LogP contribution in [-0.4, -0.2) is 29.9 Å². The smallest absolute Gasteiger partial charge is 0.254 e. The predicted molar refractivity (Wildman–Crippen MR) is 102 cm³/mol. The Balaban J connectivity index is 1.85. The molecule has 0 aliphatic heterocycles. The maximum atomic E-state index is 13.3. The highest BCUT2D eigenvalue weighted by molar-refractivity contribution is 5.95. The molecule has 1 aromatic heterocycles. The Labute approximate surface area is 157 Å². The fraction of sp³-hybridized carbons (Fsp3) is 0.143. The molecule has 1 heterocycles. The zero-order valence-corrected chi connectivity index (χ0v) is 15.1. The van der Waals surface area contributed by atoms with E-state index in [0.717, 1.165) is 29.9 Å². The average Bonchev–Trinajstić information content (AvgIpc) is 2.63. The Bertz CT molecular complexity index is 956. The first-order valence-electron chi connectivity index (χ1n) is 8.39. The maximum absolute atomic E-state index is 13.3. The minimum atomic E-state index is -0.801. The van der Waals surface area contributed by atoms with Gasteiger partial charge in [-0.2, -0.15) is 0 Å². The molecule has 0 aliphatic rings. The molecule has 0 aliphatic carbocycles. The van der Waals surface area contributed by atoms with Crippen LogP contribution in [0.2, 0.25) is 0 Å². The van der Waals surface area contributed by atoms with Gasteiger partial charge in [0.25, 0.3) is 5.91 Å². The molecule has 0 spiro atoms. The van der Waals surface area contributed by atoms with Crippen LogP contribution in [0, 0.1) is 5.82 Å². The van der Waals surface area contributed by atoms with Gasteiger partial charge < -0.3 is 15.4 Å². The van der Waals surface area contributed by atoms with Gasteiger partial charge in [-0.25, -0.2) is 9.37 Å². The molecule has 2 aromatic carbocycles. The first-order valence-corrected chi connectivity index (χ1v) is 8.39. The van der Waals surface area contributed by atoms with Gasteiger partial charge in [-0.3, -0.25) is 4.79 Å². The number of amides is 1. The number of carbonyl (C=O) groups excluding carboxylic acids is 1. The molecule has 0 fully saturated rings. The topological polar surface area (TPSA) is 68.4 Å². The van der Waals surface area contributed by atoms with Gasteiger partial charge in [0.1, 0.15) is 17.1 Å². The Morgan fingerprint density at radius 2 is 1.85 bits per heavy atom. The molecule has 0 radical (unpaired) electrons. The highest BCUT2D eigenvalue weighted by Crippen LogP contribution is 2.28. The van der Waals surface area contributed by atoms with Gasteiger partial charge in [-0.15, -0.1) is 0 Å². The van der Waals surface area contributed by atoms with E-state index in [0.29, 0.717) is 5.75 Å². The van der Waals surface area contributed by atoms with Crippen molar-refractivity contribution in [3.05, 3.63) is 77.7 Å². The van der Waals surface area contributed by atoms with E-state index in [2.05, 4.69) is 22.0 Å². The lowest BCUT2D eigenvalue weighted by Gasteiger charge is -2.11. The molecular formula is C21H20FN3O2. The van der Waals surface area contributed by atoms with E-state index in [1.165, 1.54) is 5.56 Å². The largest absolute Gasteiger partial charge is 0.438 e. The van der Waals surface area contributed by atoms with Crippen molar-refractivity contribution >= 4 is 5.91 Å². The van der Waals surface area contributed by atoms with Gasteiger partial charge >= 0.3 is 0 Å². The summed E-state index contributed by atoms with van der Waals surface area (Å²) in [4.78, 5) is 17.4. The molecule has 1 amide bonds. The summed E-state index contributed by atoms with van der Waals surface area (Å²) in [6.07, 6.45) is 0.981. The van der Waals surface area contributed by atoms with Crippen molar-refractivity contribution in [2.75, 3.05) is 14.1 Å². The first kappa shape index (κ1) is 18.5. The fourth-order valence-electron chi connectivity index (χ4n) is 2.70. The zero-order chi connectivity index (χ0) is 19.4. The third-order valence-corrected chi connectivity index (χ3v) is 3.92. The second-order valence-corrected chi connectivity index (χ2v) is 6.44. The summed E-state index contributed by atoms with van der Waals surface area (Å²) in [5.74, 6) is -0.999. The van der Waals surface area contributed by atoms with Gasteiger partial charge in [-0.1, -0.05) is 36.4 Å². The first-order chi connectivity index (χ1) is 12.9. The number of benzene rings is 2. The van der Waals surface area contributed by atoms with E-state index in [-0.39, 0.29) is 11.4 Å². The summed E-state index contributed by atoms with van der Waals surface area (Å²) in [5, 5.41) is 0. The fourth-order valence-corrected chi connectivity index (χ4v) is 2.70. The van der Waals surface area contributed by atoms with E-state index in [4.69, 9.17) is 10.5 Å². The lowest BCUT2D eigenvalue weighted by molar-refractivity contribution is 0.0997. The van der Waals surface area contributed by atoms with E-state index in [1.54, 1.807) is 6.07 Å². The van der Waals surface area contributed by atoms with Crippen LogP contribution in [0.15, 0.2) is 60.8 Å². The number of hydrogen-bond acceptors (Lipinski definition) is 4. The molecule has 2 N–H and O–H groups in total. The summed E-state index contributed by atoms with van der Waals surface area (Å²) in [7, 11) is 4.05. The quantitative estimate of drug-likeness (QED) is 0.721. The van der Waals surface area contributed by atoms with Gasteiger partial charge in [0.05, 0.1) is 6.20 Å². The number of nitrogens with zero attached hydrogens (tertiary/aromatic N) is 2. The number of hydrogen-bond donors (Lipinski definition) is 1. The van der Waals surface area contributed by atoms with Crippen molar-refractivity contribution in [3.8, 4) is 22.8 Å². The monoisotopic (exact) mass is 365 g/mol. The van der Waals surface area contributed by atoms with Crippen molar-refractivity contribution in [2.45, 2.75) is 6.54 Å². The lowest BCUT2D eigenvalue weighted by atomic mass is 10.0. The van der Waals surface area contributed by atoms with Gasteiger partial charge in [0.15, 0.2) is 0 Å². The van der Waals surface area contributed by atoms with E-state index < -0.39 is 11.7 Å². The van der Waals surface area contributed by atoms with E-state index in [1.807, 2.05) is 44.4 Å². The van der Waals surface area contributed by atoms with Crippen LogP contribution in [0.25, 0.3) is 11.1 Å². The van der Waals surface area contributed by atoms with E-state index in [9.17, 15) is 9.18 Å². The zero-order valence-electron chi connectivity index (χ0n) is 15.1. The molecule has 5 nitrogen and oxygen atoms in total. The van der Waals surface area contributed by atoms with Crippen molar-refractivity contribution in [1.29, 1.82) is 0 Å². The molecule has 0 unspecified atom stereocenters. The molecule has 0 saturated heterocycles. The molecule has 6 heteroatoms. The summed E-state index contributed by atoms with van der Waals surface area (Å²) >= 11 is 0. The number of carbonyl (C=O) groups is 1. The number of halogens is 1. The number of pyridine rings is 1. The molecule has 138 valence electrons. The Kier molecular flexibility index (Phi) is 5.47. The van der Waals surface area contributed by atoms with Crippen LogP contribution in [-0.2, 0) is 6.54 Å². The van der Waals surface area contributed by atoms with Crippen molar-refractivity contribution in [1.82, 2.24) is 9.88 Å². The van der Waals surface area contributed by atoms with Crippen molar-refractivity contribution in [3.63, 3.8) is 0 Å². The van der Waals surface area contributed by atoms with Crippen LogP contribution in [0.1, 0.15) is 15.9 Å². The minimum Gasteiger partial charge on any atom is -0.438 e. The predicted octanol–water partition coefficient (Wildman–Crippen LogP) is 3.84. The van der Waals surface area contributed by atoms with Crippen LogP contribution < -0.4 is 10.5 Å². The van der Waals surface area contributed by atoms with Crippen molar-refractivity contribution in [2.24, 2.45) is 5.73 Å². The highest BCUT2D eigenvalue weighted by Gasteiger charge is 2.14. The van der Waals surface area contributed by atoms with Gasteiger partial charge in [-0.05, 0) is 49.0 Å². The Morgan fingerprint density at radius 1 is 1.11 bits per heavy atom. The standard InChI is InChI=1S/C21H20FN3O2/c1-25(2)13-14-6-8-15(9-7-14)16-4-3-5-18(10-16)27-21-19(20(23)26)11-17(22)12-24-21/h3-12H,13H2,1-2H3,(H2,23,26). The Morgan fingerprint density at radius 3 is 2.52 bits per heavy atom. The SMILES string of the molecule is CN(C)Cc1ccc(-c2cccc(Oc3ncc(F)cc3C(N)=O)c2)cc1. The van der Waals surface area contributed by atoms with Crippen LogP contribution in [0.4, 0.5) is 4.39 Å². The second-order valence-electron chi connectivity index (χ2n) is 6.44. The minimum absolute atomic E-state index is 0.0256. The van der Waals surface area contributed by atoms with Gasteiger partial charge in [0, 0.05) is 6.54 Å². The molecule has 3 rings (SSSR count). The third kappa shape index (κ3) is 4.68. The average molecular weight is 365 g/mol. The number of ether oxygens (including phenoxy) is 1. The van der Waals surface area contributed by atoms with Crippen LogP contribution >= 0.6 is 0 Å². The van der Waals surface area contributed by atoms with Crippen LogP contribution in [0.3, 0.4) is 0 Å². The normalized spacial score (nSPS) is 10.8. The summed E-state index contributed by atoms with van der Waals surface area (Å²) in [6, 6.07) is 16.6. The second kappa shape index (κ2) is 7.97.